The molecule has 4 aromatic rings. The highest BCUT2D eigenvalue weighted by molar-refractivity contribution is 6.01. The second-order valence-electron chi connectivity index (χ2n) is 11.3. The molecule has 10 nitrogen and oxygen atoms in total. The average molecular weight is 570 g/mol. The van der Waals surface area contributed by atoms with E-state index in [2.05, 4.69) is 5.10 Å². The molecular weight excluding hydrogens is 537 g/mol. The van der Waals surface area contributed by atoms with E-state index in [1.54, 1.807) is 27.9 Å². The van der Waals surface area contributed by atoms with Crippen LogP contribution >= 0.6 is 0 Å². The number of fused-ring (bicyclic) bond motifs is 1. The quantitative estimate of drug-likeness (QED) is 0.371. The number of aryl methyl sites for hydroxylation is 1. The first-order valence-corrected chi connectivity index (χ1v) is 13.6. The van der Waals surface area contributed by atoms with Crippen LogP contribution in [0.3, 0.4) is 0 Å². The Morgan fingerprint density at radius 1 is 1.05 bits per heavy atom. The van der Waals surface area contributed by atoms with Gasteiger partial charge in [-0.05, 0) is 63.1 Å². The number of carbonyl (C=O) groups excluding carboxylic acids is 2. The molecule has 3 heterocycles. The summed E-state index contributed by atoms with van der Waals surface area (Å²) < 4.78 is 22.1. The molecule has 0 unspecified atom stereocenters. The third-order valence-corrected chi connectivity index (χ3v) is 7.14. The van der Waals surface area contributed by atoms with Crippen molar-refractivity contribution in [3.05, 3.63) is 65.6 Å². The number of ether oxygens (including phenoxy) is 1. The molecule has 1 saturated heterocycles. The molecule has 0 spiro atoms. The van der Waals surface area contributed by atoms with Crippen LogP contribution in [-0.2, 0) is 11.8 Å². The van der Waals surface area contributed by atoms with Gasteiger partial charge in [-0.3, -0.25) is 9.48 Å². The van der Waals surface area contributed by atoms with E-state index in [1.807, 2.05) is 57.0 Å². The fourth-order valence-corrected chi connectivity index (χ4v) is 5.09. The minimum Gasteiger partial charge on any atom is -0.444 e. The monoisotopic (exact) mass is 569 g/mol. The van der Waals surface area contributed by atoms with Gasteiger partial charge in [0.1, 0.15) is 23.3 Å². The van der Waals surface area contributed by atoms with Crippen LogP contribution in [-0.4, -0.2) is 63.4 Å². The van der Waals surface area contributed by atoms with Crippen LogP contribution in [0.4, 0.5) is 15.0 Å². The van der Waals surface area contributed by atoms with Gasteiger partial charge in [0.15, 0.2) is 0 Å². The number of halogens is 1. The van der Waals surface area contributed by atoms with Crippen molar-refractivity contribution in [3.63, 3.8) is 0 Å². The molecule has 2 aromatic heterocycles. The maximum absolute atomic E-state index is 14.8. The highest BCUT2D eigenvalue weighted by atomic mass is 19.1. The van der Waals surface area contributed by atoms with E-state index < -0.39 is 23.4 Å². The molecule has 1 aliphatic rings. The summed E-state index contributed by atoms with van der Waals surface area (Å²) in [4.78, 5) is 34.1. The highest BCUT2D eigenvalue weighted by Crippen LogP contribution is 2.37. The zero-order valence-corrected chi connectivity index (χ0v) is 24.0. The largest absolute Gasteiger partial charge is 0.444 e. The van der Waals surface area contributed by atoms with Gasteiger partial charge in [0.05, 0.1) is 28.5 Å². The predicted octanol–water partition coefficient (Wildman–Crippen LogP) is 4.86. The van der Waals surface area contributed by atoms with Crippen LogP contribution in [0.15, 0.2) is 48.7 Å². The van der Waals surface area contributed by atoms with Crippen LogP contribution in [0.2, 0.25) is 0 Å². The van der Waals surface area contributed by atoms with Gasteiger partial charge in [0, 0.05) is 49.7 Å². The average Bonchev–Trinajstić information content (AvgIpc) is 3.14. The summed E-state index contributed by atoms with van der Waals surface area (Å²) >= 11 is 0. The zero-order chi connectivity index (χ0) is 30.2. The number of hydrogen-bond acceptors (Lipinski definition) is 7. The first kappa shape index (κ1) is 28.5. The van der Waals surface area contributed by atoms with Gasteiger partial charge in [-0.15, -0.1) is 0 Å². The van der Waals surface area contributed by atoms with Crippen LogP contribution in [0.1, 0.15) is 43.1 Å². The standard InChI is InChI=1S/C31H32FN7O3/c1-31(2,3)42-30(41)39-11-5-10-38(12-13-39)29-24(28(34)40)16-23(19-8-9-26-22(14-19)18-35-37(26)4)27(36-29)20-6-7-21(17-33)25(32)15-20/h6-9,14-16,18H,5,10-13H2,1-4H3,(H2,34,40). The van der Waals surface area contributed by atoms with Crippen molar-refractivity contribution >= 4 is 28.7 Å². The number of aromatic nitrogens is 3. The molecule has 2 aromatic carbocycles. The summed E-state index contributed by atoms with van der Waals surface area (Å²) in [5, 5.41) is 14.5. The lowest BCUT2D eigenvalue weighted by molar-refractivity contribution is 0.0263. The molecule has 0 atom stereocenters. The summed E-state index contributed by atoms with van der Waals surface area (Å²) in [5.41, 5.74) is 8.50. The Labute approximate surface area is 243 Å². The molecule has 0 bridgehead atoms. The maximum atomic E-state index is 14.8. The number of benzene rings is 2. The summed E-state index contributed by atoms with van der Waals surface area (Å²) in [6.07, 6.45) is 1.95. The van der Waals surface area contributed by atoms with Crippen LogP contribution in [0.25, 0.3) is 33.3 Å². The molecule has 0 saturated carbocycles. The lowest BCUT2D eigenvalue weighted by Crippen LogP contribution is -2.39. The molecule has 11 heteroatoms. The summed E-state index contributed by atoms with van der Waals surface area (Å²) in [5.74, 6) is -0.986. The topological polar surface area (TPSA) is 130 Å². The van der Waals surface area contributed by atoms with E-state index >= 15 is 0 Å². The molecule has 1 aliphatic heterocycles. The van der Waals surface area contributed by atoms with Crippen molar-refractivity contribution < 1.29 is 18.7 Å². The molecular formula is C31H32FN7O3. The Bertz CT molecular complexity index is 1740. The second kappa shape index (κ2) is 11.1. The fraction of sp³-hybridized carbons (Fsp3) is 0.323. The zero-order valence-electron chi connectivity index (χ0n) is 24.0. The lowest BCUT2D eigenvalue weighted by Gasteiger charge is -2.27. The molecule has 2 N–H and O–H groups in total. The number of nitrogens with zero attached hydrogens (tertiary/aromatic N) is 6. The SMILES string of the molecule is Cn1ncc2cc(-c3cc(C(N)=O)c(N4CCCN(C(=O)OC(C)(C)C)CC4)nc3-c3ccc(C#N)c(F)c3)ccc21. The van der Waals surface area contributed by atoms with Gasteiger partial charge in [-0.2, -0.15) is 10.4 Å². The van der Waals surface area contributed by atoms with E-state index in [9.17, 15) is 19.2 Å². The first-order chi connectivity index (χ1) is 19.9. The molecule has 216 valence electrons. The van der Waals surface area contributed by atoms with Crippen LogP contribution in [0.5, 0.6) is 0 Å². The number of primary amides is 1. The van der Waals surface area contributed by atoms with Gasteiger partial charge in [0.25, 0.3) is 5.91 Å². The van der Waals surface area contributed by atoms with Crippen molar-refractivity contribution in [2.45, 2.75) is 32.8 Å². The van der Waals surface area contributed by atoms with Crippen LogP contribution < -0.4 is 10.6 Å². The molecule has 0 radical (unpaired) electrons. The number of anilines is 1. The van der Waals surface area contributed by atoms with Gasteiger partial charge < -0.3 is 20.3 Å². The lowest BCUT2D eigenvalue weighted by atomic mass is 9.95. The van der Waals surface area contributed by atoms with Crippen molar-refractivity contribution in [2.24, 2.45) is 12.8 Å². The van der Waals surface area contributed by atoms with Gasteiger partial charge >= 0.3 is 6.09 Å². The third-order valence-electron chi connectivity index (χ3n) is 7.14. The first-order valence-electron chi connectivity index (χ1n) is 13.6. The van der Waals surface area contributed by atoms with Gasteiger partial charge in [0.2, 0.25) is 0 Å². The van der Waals surface area contributed by atoms with Crippen molar-refractivity contribution in [2.75, 3.05) is 31.1 Å². The number of nitrogens with two attached hydrogens (primary N) is 1. The summed E-state index contributed by atoms with van der Waals surface area (Å²) in [6, 6.07) is 13.6. The number of rotatable bonds is 4. The van der Waals surface area contributed by atoms with E-state index in [-0.39, 0.29) is 11.1 Å². The molecule has 0 aliphatic carbocycles. The van der Waals surface area contributed by atoms with E-state index in [0.29, 0.717) is 55.2 Å². The number of pyridine rings is 1. The van der Waals surface area contributed by atoms with E-state index in [0.717, 1.165) is 16.5 Å². The fourth-order valence-electron chi connectivity index (χ4n) is 5.09. The van der Waals surface area contributed by atoms with Crippen molar-refractivity contribution in [3.8, 4) is 28.5 Å². The maximum Gasteiger partial charge on any atom is 0.410 e. The minimum atomic E-state index is -0.672. The number of hydrogen-bond donors (Lipinski definition) is 1. The Hall–Kier alpha value is -4.98. The summed E-state index contributed by atoms with van der Waals surface area (Å²) in [6.45, 7) is 7.18. The van der Waals surface area contributed by atoms with Crippen molar-refractivity contribution in [1.29, 1.82) is 5.26 Å². The minimum absolute atomic E-state index is 0.0826. The van der Waals surface area contributed by atoms with Crippen LogP contribution in [0, 0.1) is 17.1 Å². The predicted molar refractivity (Wildman–Crippen MR) is 157 cm³/mol. The normalized spacial score (nSPS) is 14.0. The number of amides is 2. The Morgan fingerprint density at radius 3 is 2.50 bits per heavy atom. The molecule has 2 amide bonds. The Balaban J connectivity index is 1.62. The number of nitriles is 1. The number of carbonyl (C=O) groups is 2. The summed E-state index contributed by atoms with van der Waals surface area (Å²) in [7, 11) is 1.85. The van der Waals surface area contributed by atoms with Crippen molar-refractivity contribution in [1.82, 2.24) is 19.7 Å². The smallest absolute Gasteiger partial charge is 0.410 e. The van der Waals surface area contributed by atoms with E-state index in [4.69, 9.17) is 15.5 Å². The molecule has 1 fully saturated rings. The van der Waals surface area contributed by atoms with E-state index in [1.165, 1.54) is 12.1 Å². The van der Waals surface area contributed by atoms with Gasteiger partial charge in [-0.1, -0.05) is 12.1 Å². The second-order valence-corrected chi connectivity index (χ2v) is 11.3. The van der Waals surface area contributed by atoms with Gasteiger partial charge in [-0.25, -0.2) is 14.2 Å². The Morgan fingerprint density at radius 2 is 1.81 bits per heavy atom. The molecule has 42 heavy (non-hydrogen) atoms. The Kier molecular flexibility index (Phi) is 7.56. The highest BCUT2D eigenvalue weighted by Gasteiger charge is 2.28. The molecule has 5 rings (SSSR count). The third kappa shape index (κ3) is 5.74.